The predicted molar refractivity (Wildman–Crippen MR) is 292 cm³/mol. The molecule has 0 aliphatic rings. The van der Waals surface area contributed by atoms with Crippen molar-refractivity contribution >= 4 is 67.7 Å². The quantitative estimate of drug-likeness (QED) is 0.121. The van der Waals surface area contributed by atoms with Crippen LogP contribution >= 0.6 is 0 Å². The Morgan fingerprint density at radius 2 is 0.917 bits per heavy atom. The average molecular weight is 947 g/mol. The zero-order valence-electron chi connectivity index (χ0n) is 40.6. The summed E-state index contributed by atoms with van der Waals surface area (Å²) in [6.45, 7) is 5.89. The number of hydrogen-bond donors (Lipinski definition) is 0. The Morgan fingerprint density at radius 3 is 1.39 bits per heavy atom. The van der Waals surface area contributed by atoms with Gasteiger partial charge in [0.1, 0.15) is 11.5 Å². The van der Waals surface area contributed by atoms with Crippen molar-refractivity contribution in [2.24, 2.45) is 0 Å². The van der Waals surface area contributed by atoms with E-state index in [0.29, 0.717) is 28.2 Å². The van der Waals surface area contributed by atoms with Crippen molar-refractivity contribution in [2.75, 3.05) is 28.4 Å². The normalized spacial score (nSPS) is 11.1. The lowest BCUT2D eigenvalue weighted by molar-refractivity contribution is 0.353. The molecule has 0 aliphatic carbocycles. The third-order valence-electron chi connectivity index (χ3n) is 11.3. The number of nitriles is 3. The van der Waals surface area contributed by atoms with Gasteiger partial charge in [-0.05, 0) is 156 Å². The van der Waals surface area contributed by atoms with E-state index in [9.17, 15) is 15.8 Å². The minimum absolute atomic E-state index is 0. The van der Waals surface area contributed by atoms with Crippen LogP contribution in [0.1, 0.15) is 57.6 Å². The largest absolute Gasteiger partial charge is 0.497 e. The first kappa shape index (κ1) is 51.8. The number of pyridine rings is 3. The van der Waals surface area contributed by atoms with Crippen molar-refractivity contribution in [3.63, 3.8) is 0 Å². The first-order valence-electron chi connectivity index (χ1n) is 22.5. The Kier molecular flexibility index (Phi) is 17.7. The van der Waals surface area contributed by atoms with Gasteiger partial charge in [-0.1, -0.05) is 80.2 Å². The number of ether oxygens (including phenoxy) is 4. The van der Waals surface area contributed by atoms with Crippen LogP contribution in [0.3, 0.4) is 0 Å². The lowest BCUT2D eigenvalue weighted by Gasteiger charge is -2.12. The van der Waals surface area contributed by atoms with E-state index in [1.807, 2.05) is 179 Å². The van der Waals surface area contributed by atoms with Gasteiger partial charge in [-0.15, -0.1) is 0 Å². The summed E-state index contributed by atoms with van der Waals surface area (Å²) >= 11 is 0. The van der Waals surface area contributed by atoms with Gasteiger partial charge in [-0.25, -0.2) is 4.98 Å². The summed E-state index contributed by atoms with van der Waals surface area (Å²) < 4.78 is 21.3. The number of methoxy groups -OCH3 is 4. The van der Waals surface area contributed by atoms with Crippen molar-refractivity contribution < 1.29 is 18.9 Å². The van der Waals surface area contributed by atoms with E-state index in [4.69, 9.17) is 18.9 Å². The van der Waals surface area contributed by atoms with Gasteiger partial charge in [-0.2, -0.15) is 15.8 Å². The first-order chi connectivity index (χ1) is 34.5. The van der Waals surface area contributed by atoms with Crippen molar-refractivity contribution in [3.8, 4) is 41.2 Å². The molecule has 0 aliphatic heterocycles. The molecular weight excluding hydrogens is 893 g/mol. The van der Waals surface area contributed by atoms with Gasteiger partial charge in [0.05, 0.1) is 85.6 Å². The Balaban J connectivity index is 0.000000175. The molecule has 0 spiro atoms. The maximum Gasteiger partial charge on any atom is 0.163 e. The highest BCUT2D eigenvalue weighted by Crippen LogP contribution is 2.35. The van der Waals surface area contributed by atoms with Crippen LogP contribution in [-0.2, 0) is 0 Å². The van der Waals surface area contributed by atoms with Crippen LogP contribution in [0.2, 0.25) is 0 Å². The van der Waals surface area contributed by atoms with Gasteiger partial charge in [0, 0.05) is 28.6 Å². The molecule has 0 fully saturated rings. The van der Waals surface area contributed by atoms with E-state index < -0.39 is 0 Å². The molecule has 10 nitrogen and oxygen atoms in total. The molecule has 0 radical (unpaired) electrons. The van der Waals surface area contributed by atoms with E-state index in [2.05, 4.69) is 33.2 Å². The molecular formula is C62H54N6O4. The maximum absolute atomic E-state index is 9.62. The number of benzene rings is 6. The van der Waals surface area contributed by atoms with Gasteiger partial charge in [0.2, 0.25) is 0 Å². The molecule has 0 saturated heterocycles. The fourth-order valence-corrected chi connectivity index (χ4v) is 7.87. The van der Waals surface area contributed by atoms with Gasteiger partial charge >= 0.3 is 0 Å². The molecule has 0 saturated carbocycles. The predicted octanol–water partition coefficient (Wildman–Crippen LogP) is 14.5. The summed E-state index contributed by atoms with van der Waals surface area (Å²) in [5, 5.41) is 31.9. The highest BCUT2D eigenvalue weighted by Gasteiger charge is 2.13. The van der Waals surface area contributed by atoms with Crippen LogP contribution in [0.5, 0.6) is 23.0 Å². The second-order valence-electron chi connectivity index (χ2n) is 16.4. The lowest BCUT2D eigenvalue weighted by Crippen LogP contribution is -1.95. The number of hydrogen-bond acceptors (Lipinski definition) is 10. The van der Waals surface area contributed by atoms with Gasteiger partial charge in [0.25, 0.3) is 0 Å². The fourth-order valence-electron chi connectivity index (χ4n) is 7.87. The zero-order chi connectivity index (χ0) is 50.3. The second kappa shape index (κ2) is 24.6. The average Bonchev–Trinajstić information content (AvgIpc) is 3.40. The molecule has 356 valence electrons. The first-order valence-corrected chi connectivity index (χ1v) is 22.5. The molecule has 0 bridgehead atoms. The third kappa shape index (κ3) is 12.9. The molecule has 3 aromatic heterocycles. The minimum Gasteiger partial charge on any atom is -0.497 e. The number of nitrogens with zero attached hydrogens (tertiary/aromatic N) is 6. The maximum atomic E-state index is 9.62. The van der Waals surface area contributed by atoms with Crippen LogP contribution in [0, 0.1) is 54.8 Å². The number of para-hydroxylation sites is 3. The Hall–Kier alpha value is -9.56. The Labute approximate surface area is 421 Å². The number of fused-ring (bicyclic) bond motifs is 3. The Morgan fingerprint density at radius 1 is 0.458 bits per heavy atom. The summed E-state index contributed by atoms with van der Waals surface area (Å²) in [5.41, 5.74) is 12.5. The molecule has 3 heterocycles. The monoisotopic (exact) mass is 946 g/mol. The molecule has 9 rings (SSSR count). The summed E-state index contributed by atoms with van der Waals surface area (Å²) in [4.78, 5) is 13.5. The second-order valence-corrected chi connectivity index (χ2v) is 16.4. The van der Waals surface area contributed by atoms with Crippen molar-refractivity contribution in [1.29, 1.82) is 15.8 Å². The number of aryl methyl sites for hydroxylation is 3. The van der Waals surface area contributed by atoms with Gasteiger partial charge in [0.15, 0.2) is 11.5 Å². The Bertz CT molecular complexity index is 3470. The van der Waals surface area contributed by atoms with Crippen molar-refractivity contribution in [2.45, 2.75) is 28.2 Å². The van der Waals surface area contributed by atoms with Crippen LogP contribution in [0.25, 0.3) is 67.7 Å². The standard InChI is InChI=1S/C21H18N2O2.2C20H16N2O.CH4/c1-14-8-17(11-20(24-2)21(14)25-3)18(12-22)10-15-9-16-6-4-5-7-19(16)23-13-15;1-14-7-17(11-19(8-14)23-2)18(12-21)10-15-9-16-5-3-4-6-20(16)22-13-15;1-14-9-16(12-19(10-14)23-2)17(13-21)11-18-8-7-15-5-3-4-6-20(15)22-18;/h4-11,13H,1-3H3;3-11,13H,1-2H3;3-12H,1-2H3;1H4/b2*18-10+;17-11+;. The van der Waals surface area contributed by atoms with E-state index in [0.717, 1.165) is 94.4 Å². The lowest BCUT2D eigenvalue weighted by atomic mass is 10.0. The summed E-state index contributed by atoms with van der Waals surface area (Å²) in [5.74, 6) is 2.77. The summed E-state index contributed by atoms with van der Waals surface area (Å²) in [7, 11) is 6.44. The topological polar surface area (TPSA) is 147 Å². The highest BCUT2D eigenvalue weighted by molar-refractivity contribution is 5.94. The summed E-state index contributed by atoms with van der Waals surface area (Å²) in [6, 6.07) is 53.8. The smallest absolute Gasteiger partial charge is 0.163 e. The van der Waals surface area contributed by atoms with Crippen molar-refractivity contribution in [1.82, 2.24) is 15.0 Å². The molecule has 6 aromatic carbocycles. The molecule has 9 aromatic rings. The van der Waals surface area contributed by atoms with Crippen LogP contribution < -0.4 is 18.9 Å². The molecule has 0 atom stereocenters. The zero-order valence-corrected chi connectivity index (χ0v) is 40.6. The van der Waals surface area contributed by atoms with Gasteiger partial charge in [-0.3, -0.25) is 9.97 Å². The van der Waals surface area contributed by atoms with E-state index in [1.165, 1.54) is 0 Å². The molecule has 0 amide bonds. The van der Waals surface area contributed by atoms with Crippen LogP contribution in [-0.4, -0.2) is 43.4 Å². The van der Waals surface area contributed by atoms with Gasteiger partial charge < -0.3 is 18.9 Å². The van der Waals surface area contributed by atoms with Crippen molar-refractivity contribution in [3.05, 3.63) is 208 Å². The number of allylic oxidation sites excluding steroid dienone is 3. The molecule has 0 unspecified atom stereocenters. The van der Waals surface area contributed by atoms with E-state index in [-0.39, 0.29) is 7.43 Å². The number of rotatable bonds is 10. The van der Waals surface area contributed by atoms with E-state index >= 15 is 0 Å². The summed E-state index contributed by atoms with van der Waals surface area (Å²) in [6.07, 6.45) is 9.05. The number of aromatic nitrogens is 3. The molecule has 72 heavy (non-hydrogen) atoms. The van der Waals surface area contributed by atoms with Crippen LogP contribution in [0.15, 0.2) is 158 Å². The van der Waals surface area contributed by atoms with Crippen LogP contribution in [0.4, 0.5) is 0 Å². The molecule has 0 N–H and O–H groups in total. The molecule has 10 heteroatoms. The van der Waals surface area contributed by atoms with E-state index in [1.54, 1.807) is 46.9 Å². The SMILES string of the molecule is C.COc1cc(/C(C#N)=C/c2cnc3ccccc3c2)cc(C)c1OC.COc1cc(C)cc(/C(C#N)=C/c2ccc3ccccc3n2)c1.COc1cc(C)cc(/C(C#N)=C/c2cnc3ccccc3c2)c1. The fraction of sp³-hybridized carbons (Fsp3) is 0.129. The third-order valence-corrected chi connectivity index (χ3v) is 11.3. The highest BCUT2D eigenvalue weighted by atomic mass is 16.5. The minimum atomic E-state index is 0.